The topological polar surface area (TPSA) is 105 Å². The van der Waals surface area contributed by atoms with E-state index < -0.39 is 10.0 Å². The number of nitrogens with one attached hydrogen (secondary N) is 1. The highest BCUT2D eigenvalue weighted by molar-refractivity contribution is 7.89. The average molecular weight is 481 g/mol. The Morgan fingerprint density at radius 3 is 2.53 bits per heavy atom. The van der Waals surface area contributed by atoms with E-state index in [2.05, 4.69) is 15.5 Å². The third-order valence-electron chi connectivity index (χ3n) is 6.74. The normalized spacial score (nSPS) is 17.3. The Hall–Kier alpha value is -3.04. The third-order valence-corrected chi connectivity index (χ3v) is 8.63. The largest absolute Gasteiger partial charge is 0.339 e. The number of anilines is 1. The number of sulfonamides is 1. The maximum absolute atomic E-state index is 13.2. The van der Waals surface area contributed by atoms with Gasteiger partial charge in [0.25, 0.3) is 0 Å². The van der Waals surface area contributed by atoms with Crippen molar-refractivity contribution in [2.45, 2.75) is 50.3 Å². The second kappa shape index (κ2) is 9.31. The Kier molecular flexibility index (Phi) is 6.22. The van der Waals surface area contributed by atoms with Crippen LogP contribution in [0.2, 0.25) is 0 Å². The van der Waals surface area contributed by atoms with Crippen LogP contribution in [-0.2, 0) is 27.7 Å². The van der Waals surface area contributed by atoms with Crippen LogP contribution in [0, 0.1) is 12.8 Å². The van der Waals surface area contributed by atoms with Gasteiger partial charge in [0.1, 0.15) is 0 Å². The Morgan fingerprint density at radius 1 is 1.06 bits per heavy atom. The Labute approximate surface area is 199 Å². The first-order valence-electron chi connectivity index (χ1n) is 11.7. The summed E-state index contributed by atoms with van der Waals surface area (Å²) in [6, 6.07) is 12.8. The lowest BCUT2D eigenvalue weighted by Crippen LogP contribution is -2.41. The van der Waals surface area contributed by atoms with Gasteiger partial charge in [-0.1, -0.05) is 23.4 Å². The number of amides is 1. The summed E-state index contributed by atoms with van der Waals surface area (Å²) in [6.07, 6.45) is 5.16. The van der Waals surface area contributed by atoms with E-state index in [1.165, 1.54) is 9.87 Å². The van der Waals surface area contributed by atoms with Crippen molar-refractivity contribution in [2.24, 2.45) is 5.92 Å². The summed E-state index contributed by atoms with van der Waals surface area (Å²) < 4.78 is 33.1. The molecular formula is C25H28N4O4S. The van der Waals surface area contributed by atoms with Crippen molar-refractivity contribution >= 4 is 21.6 Å². The molecule has 3 aromatic rings. The minimum absolute atomic E-state index is 0.126. The molecule has 1 aliphatic carbocycles. The predicted molar refractivity (Wildman–Crippen MR) is 128 cm³/mol. The third kappa shape index (κ3) is 4.50. The molecule has 8 nitrogen and oxygen atoms in total. The van der Waals surface area contributed by atoms with Gasteiger partial charge in [0.15, 0.2) is 0 Å². The molecule has 34 heavy (non-hydrogen) atoms. The SMILES string of the molecule is Cc1nc(-c2ccccc2NC(=O)C2CCN(S(=O)(=O)c3ccc4c(c3)CCCC4)CC2)no1. The molecule has 5 rings (SSSR count). The van der Waals surface area contributed by atoms with E-state index in [1.54, 1.807) is 19.1 Å². The lowest BCUT2D eigenvalue weighted by atomic mass is 9.92. The first-order valence-corrected chi connectivity index (χ1v) is 13.2. The van der Waals surface area contributed by atoms with Gasteiger partial charge in [0, 0.05) is 31.5 Å². The lowest BCUT2D eigenvalue weighted by Gasteiger charge is -2.31. The van der Waals surface area contributed by atoms with Crippen molar-refractivity contribution in [1.82, 2.24) is 14.4 Å². The Morgan fingerprint density at radius 2 is 1.79 bits per heavy atom. The van der Waals surface area contributed by atoms with Crippen LogP contribution in [-0.4, -0.2) is 41.9 Å². The zero-order valence-electron chi connectivity index (χ0n) is 19.2. The van der Waals surface area contributed by atoms with Crippen molar-refractivity contribution in [2.75, 3.05) is 18.4 Å². The van der Waals surface area contributed by atoms with Crippen LogP contribution in [0.15, 0.2) is 51.9 Å². The molecule has 9 heteroatoms. The Balaban J connectivity index is 1.25. The molecule has 2 heterocycles. The van der Waals surface area contributed by atoms with E-state index in [9.17, 15) is 13.2 Å². The molecule has 2 aliphatic rings. The number of nitrogens with zero attached hydrogens (tertiary/aromatic N) is 3. The standard InChI is InChI=1S/C25H28N4O4S/c1-17-26-24(28-33-17)22-8-4-5-9-23(22)27-25(30)19-12-14-29(15-13-19)34(31,32)21-11-10-18-6-2-3-7-20(18)16-21/h4-5,8-11,16,19H,2-3,6-7,12-15H2,1H3,(H,27,30). The minimum atomic E-state index is -3.57. The maximum Gasteiger partial charge on any atom is 0.243 e. The van der Waals surface area contributed by atoms with Gasteiger partial charge < -0.3 is 9.84 Å². The zero-order chi connectivity index (χ0) is 23.7. The molecule has 0 saturated carbocycles. The fourth-order valence-electron chi connectivity index (χ4n) is 4.81. The highest BCUT2D eigenvalue weighted by Gasteiger charge is 2.33. The van der Waals surface area contributed by atoms with Crippen LogP contribution >= 0.6 is 0 Å². The van der Waals surface area contributed by atoms with Crippen molar-refractivity contribution in [3.8, 4) is 11.4 Å². The molecule has 1 fully saturated rings. The van der Waals surface area contributed by atoms with E-state index in [0.717, 1.165) is 31.2 Å². The van der Waals surface area contributed by atoms with Crippen LogP contribution in [0.1, 0.15) is 42.7 Å². The second-order valence-electron chi connectivity index (χ2n) is 8.99. The number of carbonyl (C=O) groups is 1. The van der Waals surface area contributed by atoms with E-state index in [1.807, 2.05) is 30.3 Å². The molecule has 1 saturated heterocycles. The van der Waals surface area contributed by atoms with Gasteiger partial charge in [0.2, 0.25) is 27.6 Å². The summed E-state index contributed by atoms with van der Waals surface area (Å²) in [5.41, 5.74) is 3.70. The second-order valence-corrected chi connectivity index (χ2v) is 10.9. The number of aromatic nitrogens is 2. The van der Waals surface area contributed by atoms with Crippen LogP contribution in [0.4, 0.5) is 5.69 Å². The van der Waals surface area contributed by atoms with Gasteiger partial charge in [-0.3, -0.25) is 4.79 Å². The molecule has 0 radical (unpaired) electrons. The number of para-hydroxylation sites is 1. The molecule has 1 aromatic heterocycles. The van der Waals surface area contributed by atoms with E-state index in [0.29, 0.717) is 53.8 Å². The van der Waals surface area contributed by atoms with Gasteiger partial charge in [-0.2, -0.15) is 9.29 Å². The molecule has 1 aliphatic heterocycles. The van der Waals surface area contributed by atoms with E-state index in [-0.39, 0.29) is 11.8 Å². The van der Waals surface area contributed by atoms with Gasteiger partial charge in [-0.05, 0) is 73.9 Å². The molecule has 178 valence electrons. The molecular weight excluding hydrogens is 452 g/mol. The Bertz CT molecular complexity index is 1310. The number of hydrogen-bond acceptors (Lipinski definition) is 6. The van der Waals surface area contributed by atoms with Crippen LogP contribution in [0.3, 0.4) is 0 Å². The number of rotatable bonds is 5. The molecule has 1 amide bonds. The van der Waals surface area contributed by atoms with E-state index in [4.69, 9.17) is 4.52 Å². The number of hydrogen-bond donors (Lipinski definition) is 1. The monoisotopic (exact) mass is 480 g/mol. The predicted octanol–water partition coefficient (Wildman–Crippen LogP) is 3.96. The fraction of sp³-hybridized carbons (Fsp3) is 0.400. The van der Waals surface area contributed by atoms with Gasteiger partial charge in [0.05, 0.1) is 10.6 Å². The molecule has 0 spiro atoms. The van der Waals surface area contributed by atoms with E-state index >= 15 is 0 Å². The fourth-order valence-corrected chi connectivity index (χ4v) is 6.33. The lowest BCUT2D eigenvalue weighted by molar-refractivity contribution is -0.120. The average Bonchev–Trinajstić information content (AvgIpc) is 3.30. The molecule has 1 N–H and O–H groups in total. The van der Waals surface area contributed by atoms with Crippen LogP contribution in [0.5, 0.6) is 0 Å². The molecule has 0 bridgehead atoms. The first-order chi connectivity index (χ1) is 16.4. The van der Waals surface area contributed by atoms with Crippen molar-refractivity contribution < 1.29 is 17.7 Å². The van der Waals surface area contributed by atoms with Gasteiger partial charge in [-0.25, -0.2) is 8.42 Å². The summed E-state index contributed by atoms with van der Waals surface area (Å²) in [6.45, 7) is 2.36. The maximum atomic E-state index is 13.2. The number of aryl methyl sites for hydroxylation is 3. The number of carbonyl (C=O) groups excluding carboxylic acids is 1. The van der Waals surface area contributed by atoms with Crippen molar-refractivity contribution in [3.63, 3.8) is 0 Å². The summed E-state index contributed by atoms with van der Waals surface area (Å²) in [5.74, 6) is 0.469. The van der Waals surface area contributed by atoms with Gasteiger partial charge in [-0.15, -0.1) is 0 Å². The zero-order valence-corrected chi connectivity index (χ0v) is 20.0. The first kappa shape index (κ1) is 22.7. The summed E-state index contributed by atoms with van der Waals surface area (Å²) >= 11 is 0. The highest BCUT2D eigenvalue weighted by Crippen LogP contribution is 2.30. The summed E-state index contributed by atoms with van der Waals surface area (Å²) in [5, 5.41) is 6.93. The highest BCUT2D eigenvalue weighted by atomic mass is 32.2. The van der Waals surface area contributed by atoms with Crippen LogP contribution in [0.25, 0.3) is 11.4 Å². The van der Waals surface area contributed by atoms with Crippen molar-refractivity contribution in [1.29, 1.82) is 0 Å². The summed E-state index contributed by atoms with van der Waals surface area (Å²) in [7, 11) is -3.57. The van der Waals surface area contributed by atoms with Gasteiger partial charge >= 0.3 is 0 Å². The number of benzene rings is 2. The minimum Gasteiger partial charge on any atom is -0.339 e. The van der Waals surface area contributed by atoms with Crippen LogP contribution < -0.4 is 5.32 Å². The number of piperidine rings is 1. The number of fused-ring (bicyclic) bond motifs is 1. The molecule has 0 atom stereocenters. The molecule has 0 unspecified atom stereocenters. The summed E-state index contributed by atoms with van der Waals surface area (Å²) in [4.78, 5) is 17.6. The smallest absolute Gasteiger partial charge is 0.243 e. The van der Waals surface area contributed by atoms with Crippen molar-refractivity contribution in [3.05, 3.63) is 59.5 Å². The quantitative estimate of drug-likeness (QED) is 0.593. The molecule has 2 aromatic carbocycles.